The molecule has 0 spiro atoms. The number of halogens is 4. The topological polar surface area (TPSA) is 96.2 Å². The summed E-state index contributed by atoms with van der Waals surface area (Å²) < 4.78 is 63.4. The zero-order chi connectivity index (χ0) is 22.2. The predicted molar refractivity (Wildman–Crippen MR) is 99.3 cm³/mol. The van der Waals surface area contributed by atoms with Gasteiger partial charge in [0, 0.05) is 6.54 Å². The Labute approximate surface area is 168 Å². The van der Waals surface area contributed by atoms with Crippen LogP contribution in [0, 0.1) is 17.1 Å². The number of nitrogens with zero attached hydrogens (tertiary/aromatic N) is 1. The molecule has 29 heavy (non-hydrogen) atoms. The molecule has 0 aromatic heterocycles. The normalized spacial score (nSPS) is 15.8. The van der Waals surface area contributed by atoms with Gasteiger partial charge in [0.1, 0.15) is 11.6 Å². The number of allylic oxidation sites excluding steroid dienone is 4. The average Bonchev–Trinajstić information content (AvgIpc) is 2.62. The highest BCUT2D eigenvalue weighted by molar-refractivity contribution is 7.91. The maximum atomic E-state index is 12.9. The smallest absolute Gasteiger partial charge is 0.417 e. The van der Waals surface area contributed by atoms with Crippen molar-refractivity contribution in [1.82, 2.24) is 5.32 Å². The third-order valence-corrected chi connectivity index (χ3v) is 5.19. The van der Waals surface area contributed by atoms with Crippen LogP contribution in [-0.2, 0) is 16.0 Å². The maximum absolute atomic E-state index is 12.9. The number of benzene rings is 1. The largest absolute Gasteiger partial charge is 0.611 e. The Morgan fingerprint density at radius 1 is 1.38 bits per heavy atom. The zero-order valence-corrected chi connectivity index (χ0v) is 16.1. The zero-order valence-electron chi connectivity index (χ0n) is 15.3. The van der Waals surface area contributed by atoms with Crippen molar-refractivity contribution in [3.8, 4) is 6.07 Å². The van der Waals surface area contributed by atoms with E-state index in [0.29, 0.717) is 6.08 Å². The summed E-state index contributed by atoms with van der Waals surface area (Å²) in [5.41, 5.74) is -3.96. The van der Waals surface area contributed by atoms with Crippen molar-refractivity contribution in [2.75, 3.05) is 12.3 Å². The molecule has 0 aliphatic carbocycles. The minimum atomic E-state index is -4.76. The van der Waals surface area contributed by atoms with E-state index in [4.69, 9.17) is 5.26 Å². The molecule has 2 N–H and O–H groups in total. The van der Waals surface area contributed by atoms with Crippen LogP contribution in [0.1, 0.15) is 6.92 Å². The number of aliphatic hydroxyl groups is 1. The number of amides is 1. The van der Waals surface area contributed by atoms with Crippen molar-refractivity contribution in [3.63, 3.8) is 0 Å². The lowest BCUT2D eigenvalue weighted by atomic mass is 10.1. The first-order valence-electron chi connectivity index (χ1n) is 8.07. The highest BCUT2D eigenvalue weighted by Crippen LogP contribution is 2.29. The Bertz CT molecular complexity index is 840. The molecule has 2 atom stereocenters. The summed E-state index contributed by atoms with van der Waals surface area (Å²) in [5.74, 6) is -1.93. The number of nitriles is 1. The average molecular weight is 430 g/mol. The highest BCUT2D eigenvalue weighted by atomic mass is 32.2. The fourth-order valence-electron chi connectivity index (χ4n) is 2.08. The number of carbonyl (C=O) groups is 1. The minimum Gasteiger partial charge on any atom is -0.611 e. The van der Waals surface area contributed by atoms with Crippen LogP contribution in [0.2, 0.25) is 0 Å². The molecule has 0 fully saturated rings. The van der Waals surface area contributed by atoms with Crippen molar-refractivity contribution in [2.45, 2.75) is 23.6 Å². The van der Waals surface area contributed by atoms with Crippen LogP contribution in [0.15, 0.2) is 65.1 Å². The van der Waals surface area contributed by atoms with Crippen LogP contribution in [0.4, 0.5) is 17.6 Å². The van der Waals surface area contributed by atoms with Crippen molar-refractivity contribution in [3.05, 3.63) is 66.0 Å². The van der Waals surface area contributed by atoms with E-state index in [1.54, 1.807) is 0 Å². The third kappa shape index (κ3) is 7.38. The van der Waals surface area contributed by atoms with Crippen molar-refractivity contribution in [2.24, 2.45) is 0 Å². The van der Waals surface area contributed by atoms with E-state index in [-0.39, 0.29) is 11.4 Å². The molecular weight excluding hydrogens is 412 g/mol. The molecule has 0 saturated heterocycles. The summed E-state index contributed by atoms with van der Waals surface area (Å²) >= 11 is -1.80. The number of rotatable bonds is 8. The lowest BCUT2D eigenvalue weighted by Crippen LogP contribution is -2.49. The Morgan fingerprint density at radius 2 is 1.97 bits per heavy atom. The van der Waals surface area contributed by atoms with Gasteiger partial charge in [-0.3, -0.25) is 4.79 Å². The lowest BCUT2D eigenvalue weighted by molar-refractivity contribution is -0.135. The molecule has 0 heterocycles. The Hall–Kier alpha value is -2.61. The molecule has 1 rings (SSSR count). The molecule has 0 bridgehead atoms. The van der Waals surface area contributed by atoms with Gasteiger partial charge < -0.3 is 15.0 Å². The van der Waals surface area contributed by atoms with Crippen LogP contribution >= 0.6 is 0 Å². The predicted octanol–water partition coefficient (Wildman–Crippen LogP) is 2.93. The van der Waals surface area contributed by atoms with Crippen molar-refractivity contribution >= 4 is 17.1 Å². The second kappa shape index (κ2) is 10.2. The van der Waals surface area contributed by atoms with Gasteiger partial charge in [-0.1, -0.05) is 18.7 Å². The van der Waals surface area contributed by atoms with Crippen LogP contribution in [0.3, 0.4) is 0 Å². The number of alkyl halides is 3. The molecule has 1 aromatic carbocycles. The Balaban J connectivity index is 2.74. The van der Waals surface area contributed by atoms with E-state index in [9.17, 15) is 32.0 Å². The first kappa shape index (κ1) is 24.4. The fraction of sp³-hybridized carbons (Fsp3) is 0.263. The van der Waals surface area contributed by atoms with E-state index in [1.165, 1.54) is 18.2 Å². The third-order valence-electron chi connectivity index (χ3n) is 3.56. The minimum absolute atomic E-state index is 0.215. The van der Waals surface area contributed by atoms with Gasteiger partial charge in [-0.25, -0.2) is 4.39 Å². The monoisotopic (exact) mass is 430 g/mol. The fourth-order valence-corrected chi connectivity index (χ4v) is 3.32. The molecule has 0 saturated carbocycles. The van der Waals surface area contributed by atoms with Crippen LogP contribution in [-0.4, -0.2) is 39.6 Å². The standard InChI is InChI=1S/C19H18F4N2O3S/c1-3-16(19(21,22)23)13(11-24)5-4-10-25-17(26)18(2,27)12-29(28)15-8-6-14(20)7-9-15/h3-9,27H,1,10,12H2,2H3,(H,25,26)/b5-4-,16-13-. The number of hydrogen-bond donors (Lipinski definition) is 2. The second-order valence-electron chi connectivity index (χ2n) is 5.97. The van der Waals surface area contributed by atoms with E-state index in [0.717, 1.165) is 31.2 Å². The van der Waals surface area contributed by atoms with Crippen LogP contribution < -0.4 is 5.32 Å². The highest BCUT2D eigenvalue weighted by Gasteiger charge is 2.36. The van der Waals surface area contributed by atoms with Gasteiger partial charge in [-0.2, -0.15) is 18.4 Å². The molecule has 0 radical (unpaired) electrons. The Morgan fingerprint density at radius 3 is 2.45 bits per heavy atom. The molecular formula is C19H18F4N2O3S. The first-order valence-corrected chi connectivity index (χ1v) is 9.39. The molecule has 10 heteroatoms. The number of carbonyl (C=O) groups excluding carboxylic acids is 1. The van der Waals surface area contributed by atoms with Gasteiger partial charge in [-0.05, 0) is 48.4 Å². The summed E-state index contributed by atoms with van der Waals surface area (Å²) in [4.78, 5) is 12.3. The van der Waals surface area contributed by atoms with Gasteiger partial charge in [-0.15, -0.1) is 0 Å². The second-order valence-corrected chi connectivity index (χ2v) is 7.42. The van der Waals surface area contributed by atoms with Crippen molar-refractivity contribution in [1.29, 1.82) is 5.26 Å². The summed E-state index contributed by atoms with van der Waals surface area (Å²) in [6.07, 6.45) is -2.28. The molecule has 156 valence electrons. The first-order chi connectivity index (χ1) is 13.4. The summed E-state index contributed by atoms with van der Waals surface area (Å²) in [6.45, 7) is 3.86. The summed E-state index contributed by atoms with van der Waals surface area (Å²) in [5, 5.41) is 21.3. The molecule has 1 aromatic rings. The van der Waals surface area contributed by atoms with Crippen molar-refractivity contribution < 1.29 is 32.0 Å². The van der Waals surface area contributed by atoms with Gasteiger partial charge in [0.25, 0.3) is 5.91 Å². The summed E-state index contributed by atoms with van der Waals surface area (Å²) in [6, 6.07) is 6.10. The lowest BCUT2D eigenvalue weighted by Gasteiger charge is -2.23. The van der Waals surface area contributed by atoms with Gasteiger partial charge in [0.05, 0.1) is 17.2 Å². The van der Waals surface area contributed by atoms with Crippen LogP contribution in [0.25, 0.3) is 0 Å². The van der Waals surface area contributed by atoms with E-state index in [2.05, 4.69) is 11.9 Å². The van der Waals surface area contributed by atoms with E-state index < -0.39 is 51.6 Å². The maximum Gasteiger partial charge on any atom is 0.417 e. The molecule has 1 amide bonds. The molecule has 2 unspecified atom stereocenters. The Kier molecular flexibility index (Phi) is 8.63. The number of hydrogen-bond acceptors (Lipinski definition) is 4. The summed E-state index contributed by atoms with van der Waals surface area (Å²) in [7, 11) is 0. The number of nitrogens with one attached hydrogen (secondary N) is 1. The van der Waals surface area contributed by atoms with Gasteiger partial charge in [0.15, 0.2) is 10.5 Å². The molecule has 0 aliphatic heterocycles. The van der Waals surface area contributed by atoms with Gasteiger partial charge >= 0.3 is 6.18 Å². The molecule has 0 aliphatic rings. The quantitative estimate of drug-likeness (QED) is 0.287. The molecule has 5 nitrogen and oxygen atoms in total. The van der Waals surface area contributed by atoms with Gasteiger partial charge in [0.2, 0.25) is 0 Å². The van der Waals surface area contributed by atoms with Crippen LogP contribution in [0.5, 0.6) is 0 Å². The van der Waals surface area contributed by atoms with E-state index >= 15 is 0 Å². The SMILES string of the molecule is C=C/C(=C(C#N)\C=C/CNC(=O)C(C)(O)C[S+]([O-])c1ccc(F)cc1)C(F)(F)F. The van der Waals surface area contributed by atoms with E-state index in [1.807, 2.05) is 0 Å².